The van der Waals surface area contributed by atoms with Crippen LogP contribution in [0, 0.1) is 0 Å². The molecule has 0 unspecified atom stereocenters. The minimum atomic E-state index is -0.499. The molecule has 1 atom stereocenters. The molecule has 0 bridgehead atoms. The molecule has 8 heteroatoms. The fraction of sp³-hybridized carbons (Fsp3) is 0.444. The van der Waals surface area contributed by atoms with Crippen molar-refractivity contribution in [2.45, 2.75) is 38.8 Å². The van der Waals surface area contributed by atoms with E-state index in [1.54, 1.807) is 21.7 Å². The van der Waals surface area contributed by atoms with Gasteiger partial charge in [-0.15, -0.1) is 0 Å². The lowest BCUT2D eigenvalue weighted by Gasteiger charge is -2.22. The second kappa shape index (κ2) is 7.86. The number of rotatable bonds is 5. The van der Waals surface area contributed by atoms with Crippen molar-refractivity contribution in [2.75, 3.05) is 13.7 Å². The van der Waals surface area contributed by atoms with E-state index in [1.165, 1.54) is 7.11 Å². The van der Waals surface area contributed by atoms with E-state index in [1.807, 2.05) is 19.1 Å². The Bertz CT molecular complexity index is 803. The van der Waals surface area contributed by atoms with Crippen LogP contribution >= 0.6 is 11.6 Å². The number of nitrogens with zero attached hydrogens (tertiary/aromatic N) is 4. The van der Waals surface area contributed by atoms with E-state index in [0.717, 1.165) is 12.0 Å². The van der Waals surface area contributed by atoms with Crippen LogP contribution in [-0.4, -0.2) is 51.2 Å². The molecule has 2 aromatic rings. The number of halogens is 1. The number of likely N-dealkylation sites (tertiary alicyclic amines) is 1. The van der Waals surface area contributed by atoms with Gasteiger partial charge in [0.05, 0.1) is 13.5 Å². The van der Waals surface area contributed by atoms with E-state index < -0.39 is 6.04 Å². The van der Waals surface area contributed by atoms with Gasteiger partial charge < -0.3 is 9.64 Å². The minimum absolute atomic E-state index is 0.0991. The molecule has 3 rings (SSSR count). The number of carbonyl (C=O) groups excluding carboxylic acids is 2. The molecule has 1 fully saturated rings. The summed E-state index contributed by atoms with van der Waals surface area (Å²) < 4.78 is 6.52. The van der Waals surface area contributed by atoms with E-state index in [-0.39, 0.29) is 18.3 Å². The van der Waals surface area contributed by atoms with Crippen LogP contribution in [0.2, 0.25) is 5.02 Å². The molecule has 1 aromatic carbocycles. The predicted molar refractivity (Wildman–Crippen MR) is 96.6 cm³/mol. The Morgan fingerprint density at radius 2 is 2.04 bits per heavy atom. The normalized spacial score (nSPS) is 16.7. The zero-order valence-corrected chi connectivity index (χ0v) is 15.6. The molecule has 7 nitrogen and oxygen atoms in total. The van der Waals surface area contributed by atoms with Crippen molar-refractivity contribution in [3.63, 3.8) is 0 Å². The molecule has 1 aromatic heterocycles. The lowest BCUT2D eigenvalue weighted by atomic mass is 10.2. The third-order valence-electron chi connectivity index (χ3n) is 4.51. The highest BCUT2D eigenvalue weighted by molar-refractivity contribution is 6.30. The van der Waals surface area contributed by atoms with Gasteiger partial charge in [0, 0.05) is 23.7 Å². The van der Waals surface area contributed by atoms with E-state index in [2.05, 4.69) is 10.1 Å². The monoisotopic (exact) mass is 376 g/mol. The van der Waals surface area contributed by atoms with E-state index in [0.29, 0.717) is 36.2 Å². The van der Waals surface area contributed by atoms with Crippen LogP contribution in [0.4, 0.5) is 0 Å². The molecule has 0 saturated carbocycles. The van der Waals surface area contributed by atoms with Gasteiger partial charge in [0.25, 0.3) is 0 Å². The Kier molecular flexibility index (Phi) is 5.56. The van der Waals surface area contributed by atoms with Crippen molar-refractivity contribution < 1.29 is 14.3 Å². The molecule has 0 spiro atoms. The number of benzene rings is 1. The van der Waals surface area contributed by atoms with Crippen LogP contribution < -0.4 is 0 Å². The van der Waals surface area contributed by atoms with Crippen molar-refractivity contribution in [2.24, 2.45) is 0 Å². The lowest BCUT2D eigenvalue weighted by molar-refractivity contribution is -0.150. The smallest absolute Gasteiger partial charge is 0.328 e. The van der Waals surface area contributed by atoms with Crippen LogP contribution in [-0.2, 0) is 27.3 Å². The van der Waals surface area contributed by atoms with E-state index in [4.69, 9.17) is 16.3 Å². The van der Waals surface area contributed by atoms with Crippen LogP contribution in [0.1, 0.15) is 25.6 Å². The van der Waals surface area contributed by atoms with Crippen LogP contribution in [0.3, 0.4) is 0 Å². The highest BCUT2D eigenvalue weighted by Gasteiger charge is 2.35. The van der Waals surface area contributed by atoms with Crippen molar-refractivity contribution in [3.05, 3.63) is 35.1 Å². The standard InChI is InChI=1S/C18H21ClN4O3/c1-3-23-15(20-17(21-23)12-6-8-13(19)9-7-12)11-16(24)22-10-4-5-14(22)18(25)26-2/h6-9,14H,3-5,10-11H2,1-2H3/t14-/m0/s1. The number of esters is 1. The first-order valence-electron chi connectivity index (χ1n) is 8.60. The summed E-state index contributed by atoms with van der Waals surface area (Å²) >= 11 is 5.92. The fourth-order valence-electron chi connectivity index (χ4n) is 3.16. The number of hydrogen-bond acceptors (Lipinski definition) is 5. The van der Waals surface area contributed by atoms with Crippen molar-refractivity contribution in [1.82, 2.24) is 19.7 Å². The highest BCUT2D eigenvalue weighted by atomic mass is 35.5. The Morgan fingerprint density at radius 1 is 1.31 bits per heavy atom. The van der Waals surface area contributed by atoms with Gasteiger partial charge in [-0.25, -0.2) is 14.5 Å². The molecule has 0 radical (unpaired) electrons. The number of hydrogen-bond donors (Lipinski definition) is 0. The second-order valence-electron chi connectivity index (χ2n) is 6.12. The molecule has 26 heavy (non-hydrogen) atoms. The fourth-order valence-corrected chi connectivity index (χ4v) is 3.29. The number of ether oxygens (including phenoxy) is 1. The number of methoxy groups -OCH3 is 1. The van der Waals surface area contributed by atoms with Gasteiger partial charge in [0.15, 0.2) is 5.82 Å². The molecule has 1 aliphatic heterocycles. The summed E-state index contributed by atoms with van der Waals surface area (Å²) in [5.74, 6) is 0.632. The van der Waals surface area contributed by atoms with Crippen molar-refractivity contribution in [3.8, 4) is 11.4 Å². The third kappa shape index (κ3) is 3.72. The molecule has 1 saturated heterocycles. The number of aryl methyl sites for hydroxylation is 1. The summed E-state index contributed by atoms with van der Waals surface area (Å²) in [6.07, 6.45) is 1.53. The third-order valence-corrected chi connectivity index (χ3v) is 4.76. The van der Waals surface area contributed by atoms with Crippen molar-refractivity contribution >= 4 is 23.5 Å². The highest BCUT2D eigenvalue weighted by Crippen LogP contribution is 2.22. The molecule has 1 aliphatic rings. The first kappa shape index (κ1) is 18.4. The summed E-state index contributed by atoms with van der Waals surface area (Å²) in [4.78, 5) is 30.7. The molecule has 0 aliphatic carbocycles. The number of carbonyl (C=O) groups is 2. The zero-order chi connectivity index (χ0) is 18.7. The molecular weight excluding hydrogens is 356 g/mol. The first-order valence-corrected chi connectivity index (χ1v) is 8.98. The maximum Gasteiger partial charge on any atom is 0.328 e. The van der Waals surface area contributed by atoms with E-state index in [9.17, 15) is 9.59 Å². The van der Waals surface area contributed by atoms with Gasteiger partial charge >= 0.3 is 5.97 Å². The van der Waals surface area contributed by atoms with Gasteiger partial charge in [-0.3, -0.25) is 4.79 Å². The second-order valence-corrected chi connectivity index (χ2v) is 6.56. The van der Waals surface area contributed by atoms with Crippen LogP contribution in [0.5, 0.6) is 0 Å². The number of amides is 1. The topological polar surface area (TPSA) is 77.3 Å². The van der Waals surface area contributed by atoms with Crippen LogP contribution in [0.25, 0.3) is 11.4 Å². The van der Waals surface area contributed by atoms with Gasteiger partial charge in [-0.2, -0.15) is 5.10 Å². The maximum atomic E-state index is 12.7. The van der Waals surface area contributed by atoms with E-state index >= 15 is 0 Å². The van der Waals surface area contributed by atoms with Gasteiger partial charge in [-0.05, 0) is 44.0 Å². The first-order chi connectivity index (χ1) is 12.5. The summed E-state index contributed by atoms with van der Waals surface area (Å²) in [6, 6.07) is 6.74. The van der Waals surface area contributed by atoms with Crippen molar-refractivity contribution in [1.29, 1.82) is 0 Å². The van der Waals surface area contributed by atoms with Crippen LogP contribution in [0.15, 0.2) is 24.3 Å². The maximum absolute atomic E-state index is 12.7. The Balaban J connectivity index is 1.80. The Morgan fingerprint density at radius 3 is 2.69 bits per heavy atom. The summed E-state index contributed by atoms with van der Waals surface area (Å²) in [5.41, 5.74) is 0.837. The SMILES string of the molecule is CCn1nc(-c2ccc(Cl)cc2)nc1CC(=O)N1CCC[C@H]1C(=O)OC. The number of aromatic nitrogens is 3. The lowest BCUT2D eigenvalue weighted by Crippen LogP contribution is -2.42. The average molecular weight is 377 g/mol. The van der Waals surface area contributed by atoms with Gasteiger partial charge in [0.1, 0.15) is 11.9 Å². The molecule has 138 valence electrons. The quantitative estimate of drug-likeness (QED) is 0.748. The Hall–Kier alpha value is -2.41. The zero-order valence-electron chi connectivity index (χ0n) is 14.8. The predicted octanol–water partition coefficient (Wildman–Crippen LogP) is 2.32. The Labute approximate surface area is 156 Å². The summed E-state index contributed by atoms with van der Waals surface area (Å²) in [5, 5.41) is 5.12. The summed E-state index contributed by atoms with van der Waals surface area (Å²) in [6.45, 7) is 3.11. The van der Waals surface area contributed by atoms with Gasteiger partial charge in [-0.1, -0.05) is 11.6 Å². The summed E-state index contributed by atoms with van der Waals surface area (Å²) in [7, 11) is 1.34. The molecular formula is C18H21ClN4O3. The largest absolute Gasteiger partial charge is 0.467 e. The molecule has 2 heterocycles. The molecule has 1 amide bonds. The minimum Gasteiger partial charge on any atom is -0.467 e. The molecule has 0 N–H and O–H groups in total. The van der Waals surface area contributed by atoms with Gasteiger partial charge in [0.2, 0.25) is 5.91 Å². The average Bonchev–Trinajstić information content (AvgIpc) is 3.28.